The fraction of sp³-hybridized carbons (Fsp3) is 0.700. The second-order valence-corrected chi connectivity index (χ2v) is 19.0. The molecule has 15 nitrogen and oxygen atoms in total. The number of aryl methyl sites for hydroxylation is 1. The van der Waals surface area contributed by atoms with Crippen molar-refractivity contribution < 1.29 is 41.6 Å². The van der Waals surface area contributed by atoms with Gasteiger partial charge in [-0.3, -0.25) is 14.4 Å². The molecule has 3 aliphatic rings. The summed E-state index contributed by atoms with van der Waals surface area (Å²) < 4.78 is 44.9. The van der Waals surface area contributed by atoms with Gasteiger partial charge in [-0.15, -0.1) is 0 Å². The Kier molecular flexibility index (Phi) is 15.5. The first-order valence-corrected chi connectivity index (χ1v) is 22.5. The van der Waals surface area contributed by atoms with Crippen molar-refractivity contribution >= 4 is 45.3 Å². The Bertz CT molecular complexity index is 1790. The Hall–Kier alpha value is -3.60. The van der Waals surface area contributed by atoms with Crippen molar-refractivity contribution in [3.05, 3.63) is 46.6 Å². The molecule has 3 amide bonds. The van der Waals surface area contributed by atoms with E-state index in [2.05, 4.69) is 20.2 Å². The largest absolute Gasteiger partial charge is 0.444 e. The van der Waals surface area contributed by atoms with Crippen molar-refractivity contribution in [2.45, 2.75) is 141 Å². The molecule has 0 bridgehead atoms. The van der Waals surface area contributed by atoms with Crippen LogP contribution in [0.5, 0.6) is 0 Å². The van der Waals surface area contributed by atoms with Gasteiger partial charge < -0.3 is 29.1 Å². The van der Waals surface area contributed by atoms with Crippen LogP contribution in [0.25, 0.3) is 0 Å². The first-order chi connectivity index (χ1) is 27.0. The van der Waals surface area contributed by atoms with Gasteiger partial charge in [-0.05, 0) is 82.4 Å². The third kappa shape index (κ3) is 13.5. The number of carbonyl (C=O) groups excluding carboxylic acids is 4. The lowest BCUT2D eigenvalue weighted by atomic mass is 9.84. The van der Waals surface area contributed by atoms with Gasteiger partial charge in [-0.25, -0.2) is 17.9 Å². The molecule has 0 spiro atoms. The van der Waals surface area contributed by atoms with E-state index < -0.39 is 57.5 Å². The van der Waals surface area contributed by atoms with E-state index in [0.29, 0.717) is 56.1 Å². The van der Waals surface area contributed by atoms with Gasteiger partial charge in [0.2, 0.25) is 39.3 Å². The fourth-order valence-corrected chi connectivity index (χ4v) is 8.80. The van der Waals surface area contributed by atoms with Crippen LogP contribution in [0.15, 0.2) is 28.8 Å². The van der Waals surface area contributed by atoms with Crippen LogP contribution in [-0.4, -0.2) is 108 Å². The van der Waals surface area contributed by atoms with Gasteiger partial charge in [0, 0.05) is 37.5 Å². The maximum absolute atomic E-state index is 14.5. The molecule has 5 rings (SSSR count). The van der Waals surface area contributed by atoms with Crippen molar-refractivity contribution in [3.63, 3.8) is 0 Å². The number of aromatic nitrogens is 2. The van der Waals surface area contributed by atoms with E-state index in [1.807, 2.05) is 39.8 Å². The summed E-state index contributed by atoms with van der Waals surface area (Å²) in [5, 5.41) is 7.43. The van der Waals surface area contributed by atoms with E-state index in [9.17, 15) is 27.6 Å². The highest BCUT2D eigenvalue weighted by Crippen LogP contribution is 2.30. The number of amides is 3. The maximum Gasteiger partial charge on any atom is 0.410 e. The summed E-state index contributed by atoms with van der Waals surface area (Å²) in [5.74, 6) is -0.997. The summed E-state index contributed by atoms with van der Waals surface area (Å²) in [6, 6.07) is 4.01. The normalized spacial score (nSPS) is 20.9. The molecule has 1 saturated carbocycles. The van der Waals surface area contributed by atoms with Gasteiger partial charge in [0.05, 0.1) is 25.0 Å². The molecular formula is C40H59ClN6O9S. The number of Topliss-reactive ketones (excluding diaryl/α,β-unsaturated/α-hetero) is 1. The molecular weight excluding hydrogens is 776 g/mol. The van der Waals surface area contributed by atoms with Crippen LogP contribution >= 0.6 is 11.6 Å². The molecule has 2 saturated heterocycles. The minimum Gasteiger partial charge on any atom is -0.444 e. The highest BCUT2D eigenvalue weighted by molar-refractivity contribution is 7.88. The molecule has 17 heteroatoms. The van der Waals surface area contributed by atoms with Gasteiger partial charge in [0.1, 0.15) is 17.7 Å². The number of ketones is 1. The number of likely N-dealkylation sites (tertiary alicyclic amines) is 2. The van der Waals surface area contributed by atoms with Crippen molar-refractivity contribution in [1.82, 2.24) is 30.0 Å². The van der Waals surface area contributed by atoms with Crippen LogP contribution in [-0.2, 0) is 42.1 Å². The molecule has 2 aliphatic heterocycles. The standard InChI is InChI=1S/C40H59ClN6O9S/c1-6-34-43-36(44-56-34)35(48)32(22-27-10-8-7-9-11-27)42-37(49)33-23-30(54-25-28-12-15-29(41)16-13-28)24-47(33)38(50)31(45-57(5,52)53)17-14-26-18-20-46(21-19-26)39(51)55-40(2,3)4/h12-13,15-16,26-27,30-33,45H,6-11,14,17-25H2,1-5H3,(H,42,49)/t30-,31-,32+,33+/m1/s1. The summed E-state index contributed by atoms with van der Waals surface area (Å²) >= 11 is 6.07. The number of hydrogen-bond donors (Lipinski definition) is 2. The zero-order valence-corrected chi connectivity index (χ0v) is 35.4. The first-order valence-electron chi connectivity index (χ1n) is 20.3. The van der Waals surface area contributed by atoms with Crippen LogP contribution in [0.4, 0.5) is 4.79 Å². The number of ether oxygens (including phenoxy) is 2. The molecule has 3 heterocycles. The average molecular weight is 835 g/mol. The van der Waals surface area contributed by atoms with Crippen LogP contribution < -0.4 is 10.0 Å². The molecule has 3 fully saturated rings. The second kappa shape index (κ2) is 19.9. The highest BCUT2D eigenvalue weighted by atomic mass is 35.5. The summed E-state index contributed by atoms with van der Waals surface area (Å²) in [6.45, 7) is 8.50. The van der Waals surface area contributed by atoms with Crippen LogP contribution in [0.3, 0.4) is 0 Å². The van der Waals surface area contributed by atoms with Crippen molar-refractivity contribution in [2.24, 2.45) is 11.8 Å². The highest BCUT2D eigenvalue weighted by Gasteiger charge is 2.44. The predicted octanol–water partition coefficient (Wildman–Crippen LogP) is 5.45. The number of piperidine rings is 1. The van der Waals surface area contributed by atoms with E-state index in [1.165, 1.54) is 4.90 Å². The molecule has 0 radical (unpaired) electrons. The molecule has 0 unspecified atom stereocenters. The minimum atomic E-state index is -3.84. The van der Waals surface area contributed by atoms with E-state index in [0.717, 1.165) is 43.9 Å². The number of halogens is 1. The van der Waals surface area contributed by atoms with E-state index in [-0.39, 0.29) is 49.7 Å². The smallest absolute Gasteiger partial charge is 0.410 e. The van der Waals surface area contributed by atoms with Gasteiger partial charge >= 0.3 is 6.09 Å². The third-order valence-electron chi connectivity index (χ3n) is 10.9. The number of carbonyl (C=O) groups is 4. The van der Waals surface area contributed by atoms with Gasteiger partial charge in [-0.2, -0.15) is 4.98 Å². The fourth-order valence-electron chi connectivity index (χ4n) is 7.94. The van der Waals surface area contributed by atoms with Crippen LogP contribution in [0.1, 0.15) is 120 Å². The molecule has 1 aromatic carbocycles. The Balaban J connectivity index is 1.33. The molecule has 2 N–H and O–H groups in total. The SMILES string of the molecule is CCc1nc(C(=O)[C@H](CC2CCCCC2)NC(=O)[C@@H]2C[C@@H](OCc3ccc(Cl)cc3)CN2C(=O)[C@@H](CCC2CCN(C(=O)OC(C)(C)C)CC2)NS(C)(=O)=O)no1. The van der Waals surface area contributed by atoms with Crippen LogP contribution in [0.2, 0.25) is 5.02 Å². The zero-order valence-electron chi connectivity index (χ0n) is 33.8. The lowest BCUT2D eigenvalue weighted by Crippen LogP contribution is -2.55. The van der Waals surface area contributed by atoms with E-state index in [1.54, 1.807) is 17.0 Å². The molecule has 1 aliphatic carbocycles. The lowest BCUT2D eigenvalue weighted by molar-refractivity contribution is -0.140. The Morgan fingerprint density at radius 3 is 2.30 bits per heavy atom. The van der Waals surface area contributed by atoms with Gasteiger partial charge in [0.25, 0.3) is 0 Å². The molecule has 1 aromatic heterocycles. The summed E-state index contributed by atoms with van der Waals surface area (Å²) in [7, 11) is -3.84. The molecule has 2 aromatic rings. The minimum absolute atomic E-state index is 0.0344. The summed E-state index contributed by atoms with van der Waals surface area (Å²) in [6.07, 6.45) is 8.15. The van der Waals surface area contributed by atoms with Gasteiger partial charge in [-0.1, -0.05) is 67.9 Å². The lowest BCUT2D eigenvalue weighted by Gasteiger charge is -2.34. The molecule has 316 valence electrons. The second-order valence-electron chi connectivity index (χ2n) is 16.8. The summed E-state index contributed by atoms with van der Waals surface area (Å²) in [4.78, 5) is 62.7. The number of nitrogens with one attached hydrogen (secondary N) is 2. The quantitative estimate of drug-likeness (QED) is 0.205. The maximum atomic E-state index is 14.5. The number of nitrogens with zero attached hydrogens (tertiary/aromatic N) is 4. The third-order valence-corrected chi connectivity index (χ3v) is 11.9. The van der Waals surface area contributed by atoms with Crippen molar-refractivity contribution in [1.29, 1.82) is 0 Å². The molecule has 4 atom stereocenters. The van der Waals surface area contributed by atoms with E-state index >= 15 is 0 Å². The topological polar surface area (TPSA) is 190 Å². The van der Waals surface area contributed by atoms with E-state index in [4.69, 9.17) is 25.6 Å². The number of benzene rings is 1. The first kappa shape index (κ1) is 44.5. The Morgan fingerprint density at radius 2 is 1.68 bits per heavy atom. The number of hydrogen-bond acceptors (Lipinski definition) is 11. The average Bonchev–Trinajstić information content (AvgIpc) is 3.83. The molecule has 57 heavy (non-hydrogen) atoms. The van der Waals surface area contributed by atoms with Gasteiger partial charge in [0.15, 0.2) is 0 Å². The Labute approximate surface area is 341 Å². The van der Waals surface area contributed by atoms with Crippen LogP contribution in [0, 0.1) is 11.8 Å². The Morgan fingerprint density at radius 1 is 1.00 bits per heavy atom. The van der Waals surface area contributed by atoms with Crippen molar-refractivity contribution in [2.75, 3.05) is 25.9 Å². The number of sulfonamides is 1. The zero-order chi connectivity index (χ0) is 41.3. The summed E-state index contributed by atoms with van der Waals surface area (Å²) in [5.41, 5.74) is 0.242. The number of rotatable bonds is 16. The van der Waals surface area contributed by atoms with Crippen molar-refractivity contribution in [3.8, 4) is 0 Å². The monoisotopic (exact) mass is 834 g/mol. The predicted molar refractivity (Wildman–Crippen MR) is 213 cm³/mol.